The van der Waals surface area contributed by atoms with Crippen LogP contribution in [0.25, 0.3) is 5.52 Å². The highest BCUT2D eigenvalue weighted by atomic mass is 16.5. The second-order valence-electron chi connectivity index (χ2n) is 5.73. The quantitative estimate of drug-likeness (QED) is 0.811. The van der Waals surface area contributed by atoms with E-state index in [0.717, 1.165) is 50.4 Å². The van der Waals surface area contributed by atoms with Crippen molar-refractivity contribution in [2.75, 3.05) is 37.7 Å². The number of carbonyl (C=O) groups is 1. The highest BCUT2D eigenvalue weighted by Crippen LogP contribution is 2.21. The van der Waals surface area contributed by atoms with Crippen LogP contribution in [-0.2, 0) is 9.53 Å². The van der Waals surface area contributed by atoms with Crippen molar-refractivity contribution in [2.24, 2.45) is 0 Å². The van der Waals surface area contributed by atoms with Crippen LogP contribution < -0.4 is 4.90 Å². The monoisotopic (exact) mass is 301 g/mol. The van der Waals surface area contributed by atoms with Crippen LogP contribution in [0.2, 0.25) is 0 Å². The lowest BCUT2D eigenvalue weighted by atomic mass is 10.2. The highest BCUT2D eigenvalue weighted by molar-refractivity contribution is 5.81. The molecule has 2 aromatic heterocycles. The lowest BCUT2D eigenvalue weighted by molar-refractivity contribution is -0.141. The van der Waals surface area contributed by atoms with Gasteiger partial charge in [0.15, 0.2) is 5.82 Å². The van der Waals surface area contributed by atoms with Crippen molar-refractivity contribution in [3.63, 3.8) is 0 Å². The van der Waals surface area contributed by atoms with Gasteiger partial charge < -0.3 is 14.5 Å². The molecule has 2 aliphatic heterocycles. The average Bonchev–Trinajstić information content (AvgIpc) is 3.25. The Bertz CT molecular complexity index is 671. The van der Waals surface area contributed by atoms with E-state index in [-0.39, 0.29) is 12.0 Å². The van der Waals surface area contributed by atoms with Crippen molar-refractivity contribution < 1.29 is 9.53 Å². The fraction of sp³-hybridized carbons (Fsp3) is 0.533. The number of piperazine rings is 1. The van der Waals surface area contributed by atoms with E-state index in [4.69, 9.17) is 4.74 Å². The smallest absolute Gasteiger partial charge is 0.251 e. The molecule has 4 rings (SSSR count). The van der Waals surface area contributed by atoms with Gasteiger partial charge in [-0.15, -0.1) is 0 Å². The molecule has 0 aliphatic carbocycles. The van der Waals surface area contributed by atoms with Crippen LogP contribution in [-0.4, -0.2) is 64.3 Å². The largest absolute Gasteiger partial charge is 0.368 e. The Morgan fingerprint density at radius 2 is 2.09 bits per heavy atom. The number of nitrogens with zero attached hydrogens (tertiary/aromatic N) is 5. The third kappa shape index (κ3) is 2.31. The first kappa shape index (κ1) is 13.5. The zero-order valence-corrected chi connectivity index (χ0v) is 12.4. The Labute approximate surface area is 128 Å². The fourth-order valence-electron chi connectivity index (χ4n) is 3.20. The molecule has 0 aromatic carbocycles. The Balaban J connectivity index is 1.45. The van der Waals surface area contributed by atoms with E-state index in [0.29, 0.717) is 6.61 Å². The van der Waals surface area contributed by atoms with Gasteiger partial charge in [0.1, 0.15) is 11.6 Å². The van der Waals surface area contributed by atoms with Gasteiger partial charge in [0.2, 0.25) is 0 Å². The zero-order chi connectivity index (χ0) is 14.9. The van der Waals surface area contributed by atoms with Gasteiger partial charge in [0, 0.05) is 45.2 Å². The summed E-state index contributed by atoms with van der Waals surface area (Å²) in [5, 5.41) is 4.24. The predicted molar refractivity (Wildman–Crippen MR) is 80.8 cm³/mol. The second kappa shape index (κ2) is 5.57. The maximum Gasteiger partial charge on any atom is 0.251 e. The van der Waals surface area contributed by atoms with E-state index >= 15 is 0 Å². The summed E-state index contributed by atoms with van der Waals surface area (Å²) >= 11 is 0. The van der Waals surface area contributed by atoms with Gasteiger partial charge in [-0.2, -0.15) is 5.10 Å². The number of aromatic nitrogens is 3. The van der Waals surface area contributed by atoms with E-state index < -0.39 is 0 Å². The van der Waals surface area contributed by atoms with E-state index in [2.05, 4.69) is 15.0 Å². The van der Waals surface area contributed by atoms with Gasteiger partial charge in [0.05, 0.1) is 6.20 Å². The van der Waals surface area contributed by atoms with Crippen molar-refractivity contribution in [1.29, 1.82) is 0 Å². The molecular formula is C15H19N5O2. The van der Waals surface area contributed by atoms with Crippen molar-refractivity contribution in [3.05, 3.63) is 24.7 Å². The molecule has 22 heavy (non-hydrogen) atoms. The molecule has 2 aromatic rings. The number of rotatable bonds is 2. The molecule has 1 unspecified atom stereocenters. The number of fused-ring (bicyclic) bond motifs is 1. The Morgan fingerprint density at radius 1 is 1.23 bits per heavy atom. The van der Waals surface area contributed by atoms with Crippen molar-refractivity contribution >= 4 is 17.2 Å². The van der Waals surface area contributed by atoms with Gasteiger partial charge >= 0.3 is 0 Å². The number of anilines is 1. The molecule has 1 amide bonds. The third-order valence-corrected chi connectivity index (χ3v) is 4.40. The summed E-state index contributed by atoms with van der Waals surface area (Å²) in [4.78, 5) is 21.0. The summed E-state index contributed by atoms with van der Waals surface area (Å²) in [6.07, 6.45) is 7.01. The van der Waals surface area contributed by atoms with E-state index in [1.807, 2.05) is 21.7 Å². The molecule has 0 saturated carbocycles. The molecule has 4 heterocycles. The number of carbonyl (C=O) groups excluding carboxylic acids is 1. The lowest BCUT2D eigenvalue weighted by Gasteiger charge is -2.36. The first-order valence-corrected chi connectivity index (χ1v) is 7.76. The minimum atomic E-state index is -0.220. The number of amides is 1. The zero-order valence-electron chi connectivity index (χ0n) is 12.4. The average molecular weight is 301 g/mol. The SMILES string of the molecule is O=C(C1CCCO1)N1CCN(c2nccn3nccc23)CC1. The molecule has 7 nitrogen and oxygen atoms in total. The molecule has 0 spiro atoms. The summed E-state index contributed by atoms with van der Waals surface area (Å²) in [5.41, 5.74) is 1.00. The van der Waals surface area contributed by atoms with Gasteiger partial charge in [-0.25, -0.2) is 9.50 Å². The van der Waals surface area contributed by atoms with E-state index in [9.17, 15) is 4.79 Å². The summed E-state index contributed by atoms with van der Waals surface area (Å²) in [6.45, 7) is 3.72. The summed E-state index contributed by atoms with van der Waals surface area (Å²) < 4.78 is 7.32. The van der Waals surface area contributed by atoms with Crippen LogP contribution in [0.4, 0.5) is 5.82 Å². The minimum absolute atomic E-state index is 0.146. The molecular weight excluding hydrogens is 282 g/mol. The second-order valence-corrected chi connectivity index (χ2v) is 5.73. The maximum atomic E-state index is 12.4. The standard InChI is InChI=1S/C15H19N5O2/c21-15(13-2-1-11-22-13)19-9-7-18(8-10-19)14-12-3-4-17-20(12)6-5-16-14/h3-6,13H,1-2,7-11H2. The van der Waals surface area contributed by atoms with Crippen molar-refractivity contribution in [1.82, 2.24) is 19.5 Å². The van der Waals surface area contributed by atoms with E-state index in [1.54, 1.807) is 12.4 Å². The summed E-state index contributed by atoms with van der Waals surface area (Å²) in [7, 11) is 0. The van der Waals surface area contributed by atoms with Gasteiger partial charge in [-0.1, -0.05) is 0 Å². The third-order valence-electron chi connectivity index (χ3n) is 4.40. The van der Waals surface area contributed by atoms with Crippen molar-refractivity contribution in [3.8, 4) is 0 Å². The predicted octanol–water partition coefficient (Wildman–Crippen LogP) is 0.557. The van der Waals surface area contributed by atoms with Crippen LogP contribution in [0.15, 0.2) is 24.7 Å². The number of hydrogen-bond donors (Lipinski definition) is 0. The first-order chi connectivity index (χ1) is 10.8. The van der Waals surface area contributed by atoms with Crippen molar-refractivity contribution in [2.45, 2.75) is 18.9 Å². The normalized spacial score (nSPS) is 22.5. The molecule has 7 heteroatoms. The molecule has 2 saturated heterocycles. The van der Waals surface area contributed by atoms with Gasteiger partial charge in [0.25, 0.3) is 5.91 Å². The van der Waals surface area contributed by atoms with Crippen LogP contribution in [0.5, 0.6) is 0 Å². The van der Waals surface area contributed by atoms with Gasteiger partial charge in [-0.3, -0.25) is 4.79 Å². The Kier molecular flexibility index (Phi) is 3.42. The fourth-order valence-corrected chi connectivity index (χ4v) is 3.20. The lowest BCUT2D eigenvalue weighted by Crippen LogP contribution is -2.51. The van der Waals surface area contributed by atoms with Gasteiger partial charge in [-0.05, 0) is 18.9 Å². The Morgan fingerprint density at radius 3 is 2.86 bits per heavy atom. The molecule has 2 fully saturated rings. The first-order valence-electron chi connectivity index (χ1n) is 7.76. The minimum Gasteiger partial charge on any atom is -0.368 e. The van der Waals surface area contributed by atoms with Crippen LogP contribution in [0, 0.1) is 0 Å². The molecule has 0 bridgehead atoms. The molecule has 0 radical (unpaired) electrons. The highest BCUT2D eigenvalue weighted by Gasteiger charge is 2.30. The summed E-state index contributed by atoms with van der Waals surface area (Å²) in [6, 6.07) is 1.96. The molecule has 1 atom stereocenters. The van der Waals surface area contributed by atoms with Crippen LogP contribution in [0.3, 0.4) is 0 Å². The molecule has 116 valence electrons. The molecule has 0 N–H and O–H groups in total. The maximum absolute atomic E-state index is 12.4. The Hall–Kier alpha value is -2.15. The molecule has 2 aliphatic rings. The van der Waals surface area contributed by atoms with E-state index in [1.165, 1.54) is 0 Å². The number of ether oxygens (including phenoxy) is 1. The summed E-state index contributed by atoms with van der Waals surface area (Å²) in [5.74, 6) is 1.08. The number of hydrogen-bond acceptors (Lipinski definition) is 5. The topological polar surface area (TPSA) is 63.0 Å². The van der Waals surface area contributed by atoms with Crippen LogP contribution in [0.1, 0.15) is 12.8 Å². The van der Waals surface area contributed by atoms with Crippen LogP contribution >= 0.6 is 0 Å².